The van der Waals surface area contributed by atoms with E-state index in [4.69, 9.17) is 11.6 Å². The molecule has 0 unspecified atom stereocenters. The molecule has 2 heterocycles. The summed E-state index contributed by atoms with van der Waals surface area (Å²) in [6, 6.07) is 1.81. The summed E-state index contributed by atoms with van der Waals surface area (Å²) in [6.07, 6.45) is 3.10. The highest BCUT2D eigenvalue weighted by Crippen LogP contribution is 2.16. The van der Waals surface area contributed by atoms with Crippen molar-refractivity contribution < 1.29 is 0 Å². The van der Waals surface area contributed by atoms with Crippen LogP contribution in [-0.2, 0) is 5.75 Å². The van der Waals surface area contributed by atoms with Gasteiger partial charge in [-0.1, -0.05) is 11.8 Å². The molecular weight excluding hydrogens is 222 g/mol. The second kappa shape index (κ2) is 4.39. The number of nitrogens with one attached hydrogen (secondary N) is 1. The molecule has 0 bridgehead atoms. The highest BCUT2D eigenvalue weighted by Gasteiger charge is 2.00. The van der Waals surface area contributed by atoms with Crippen molar-refractivity contribution in [1.82, 2.24) is 25.1 Å². The summed E-state index contributed by atoms with van der Waals surface area (Å²) in [7, 11) is 0. The molecule has 0 radical (unpaired) electrons. The van der Waals surface area contributed by atoms with Crippen molar-refractivity contribution in [2.24, 2.45) is 0 Å². The quantitative estimate of drug-likeness (QED) is 0.637. The zero-order chi connectivity index (χ0) is 9.80. The van der Waals surface area contributed by atoms with Gasteiger partial charge in [0.2, 0.25) is 5.28 Å². The maximum absolute atomic E-state index is 5.64. The average molecular weight is 228 g/mol. The molecule has 0 saturated carbocycles. The Labute approximate surface area is 89.3 Å². The van der Waals surface area contributed by atoms with E-state index in [2.05, 4.69) is 25.1 Å². The second-order valence-corrected chi connectivity index (χ2v) is 3.70. The lowest BCUT2D eigenvalue weighted by Gasteiger charge is -1.97. The van der Waals surface area contributed by atoms with Crippen LogP contribution in [0.4, 0.5) is 0 Å². The van der Waals surface area contributed by atoms with E-state index >= 15 is 0 Å². The molecular formula is C7H6ClN5S. The number of halogens is 1. The zero-order valence-corrected chi connectivity index (χ0v) is 8.59. The standard InChI is InChI=1S/C7H6ClN5S/c8-6-9-2-1-5(12-6)3-14-7-10-4-11-13-7/h1-2,4H,3H2,(H,10,11,13). The number of hydrogen-bond donors (Lipinski definition) is 1. The monoisotopic (exact) mass is 227 g/mol. The lowest BCUT2D eigenvalue weighted by molar-refractivity contribution is 0.970. The lowest BCUT2D eigenvalue weighted by Crippen LogP contribution is -1.89. The number of aromatic nitrogens is 5. The van der Waals surface area contributed by atoms with Gasteiger partial charge in [-0.2, -0.15) is 5.10 Å². The molecule has 2 rings (SSSR count). The minimum atomic E-state index is 0.265. The molecule has 72 valence electrons. The first-order chi connectivity index (χ1) is 6.84. The fourth-order valence-corrected chi connectivity index (χ4v) is 1.71. The van der Waals surface area contributed by atoms with Crippen LogP contribution in [0.1, 0.15) is 5.69 Å². The Morgan fingerprint density at radius 1 is 1.43 bits per heavy atom. The first-order valence-corrected chi connectivity index (χ1v) is 5.16. The van der Waals surface area contributed by atoms with E-state index < -0.39 is 0 Å². The van der Waals surface area contributed by atoms with Crippen LogP contribution in [0.5, 0.6) is 0 Å². The van der Waals surface area contributed by atoms with Crippen molar-refractivity contribution in [3.63, 3.8) is 0 Å². The van der Waals surface area contributed by atoms with Gasteiger partial charge in [0.25, 0.3) is 0 Å². The first-order valence-electron chi connectivity index (χ1n) is 3.80. The number of nitrogens with zero attached hydrogens (tertiary/aromatic N) is 4. The van der Waals surface area contributed by atoms with E-state index in [1.807, 2.05) is 6.07 Å². The van der Waals surface area contributed by atoms with Crippen molar-refractivity contribution in [3.8, 4) is 0 Å². The number of H-pyrrole nitrogens is 1. The fraction of sp³-hybridized carbons (Fsp3) is 0.143. The zero-order valence-electron chi connectivity index (χ0n) is 7.01. The van der Waals surface area contributed by atoms with Crippen LogP contribution in [0.3, 0.4) is 0 Å². The van der Waals surface area contributed by atoms with Gasteiger partial charge in [-0.3, -0.25) is 5.10 Å². The highest BCUT2D eigenvalue weighted by molar-refractivity contribution is 7.98. The third-order valence-electron chi connectivity index (χ3n) is 1.43. The van der Waals surface area contributed by atoms with Crippen molar-refractivity contribution >= 4 is 23.4 Å². The minimum Gasteiger partial charge on any atom is -0.254 e. The van der Waals surface area contributed by atoms with E-state index in [9.17, 15) is 0 Å². The summed E-state index contributed by atoms with van der Waals surface area (Å²) in [5.74, 6) is 0.692. The lowest BCUT2D eigenvalue weighted by atomic mass is 10.5. The van der Waals surface area contributed by atoms with Crippen molar-refractivity contribution in [2.45, 2.75) is 10.9 Å². The van der Waals surface area contributed by atoms with Gasteiger partial charge < -0.3 is 0 Å². The van der Waals surface area contributed by atoms with E-state index in [0.717, 1.165) is 10.9 Å². The van der Waals surface area contributed by atoms with Gasteiger partial charge >= 0.3 is 0 Å². The van der Waals surface area contributed by atoms with Gasteiger partial charge in [-0.05, 0) is 17.7 Å². The van der Waals surface area contributed by atoms with Crippen LogP contribution in [0.25, 0.3) is 0 Å². The van der Waals surface area contributed by atoms with Gasteiger partial charge in [-0.15, -0.1) is 0 Å². The summed E-state index contributed by atoms with van der Waals surface area (Å²) in [5, 5.41) is 7.51. The third-order valence-corrected chi connectivity index (χ3v) is 2.53. The van der Waals surface area contributed by atoms with Crippen molar-refractivity contribution in [1.29, 1.82) is 0 Å². The Morgan fingerprint density at radius 3 is 3.07 bits per heavy atom. The fourth-order valence-electron chi connectivity index (χ4n) is 0.856. The average Bonchev–Trinajstić information content (AvgIpc) is 2.67. The topological polar surface area (TPSA) is 67.3 Å². The van der Waals surface area contributed by atoms with Gasteiger partial charge in [0.1, 0.15) is 6.33 Å². The van der Waals surface area contributed by atoms with E-state index in [1.54, 1.807) is 6.20 Å². The normalized spacial score (nSPS) is 10.4. The molecule has 0 aliphatic carbocycles. The molecule has 0 fully saturated rings. The molecule has 0 spiro atoms. The molecule has 0 amide bonds. The Balaban J connectivity index is 1.98. The predicted molar refractivity (Wildman–Crippen MR) is 53.0 cm³/mol. The largest absolute Gasteiger partial charge is 0.254 e. The van der Waals surface area contributed by atoms with Crippen LogP contribution in [0.15, 0.2) is 23.7 Å². The Bertz CT molecular complexity index is 404. The van der Waals surface area contributed by atoms with Crippen LogP contribution >= 0.6 is 23.4 Å². The van der Waals surface area contributed by atoms with Crippen molar-refractivity contribution in [3.05, 3.63) is 29.6 Å². The molecule has 7 heteroatoms. The third kappa shape index (κ3) is 2.43. The number of hydrogen-bond acceptors (Lipinski definition) is 5. The Kier molecular flexibility index (Phi) is 2.95. The number of rotatable bonds is 3. The molecule has 0 aliphatic heterocycles. The molecule has 0 aromatic carbocycles. The first kappa shape index (κ1) is 9.42. The maximum atomic E-state index is 5.64. The Hall–Kier alpha value is -1.14. The van der Waals surface area contributed by atoms with Crippen LogP contribution in [0.2, 0.25) is 5.28 Å². The van der Waals surface area contributed by atoms with Gasteiger partial charge in [-0.25, -0.2) is 15.0 Å². The van der Waals surface area contributed by atoms with E-state index in [-0.39, 0.29) is 5.28 Å². The van der Waals surface area contributed by atoms with Gasteiger partial charge in [0.05, 0.1) is 5.69 Å². The number of aromatic amines is 1. The van der Waals surface area contributed by atoms with Gasteiger partial charge in [0.15, 0.2) is 5.16 Å². The smallest absolute Gasteiger partial charge is 0.222 e. The molecule has 1 N–H and O–H groups in total. The molecule has 0 aliphatic rings. The molecule has 2 aromatic rings. The molecule has 5 nitrogen and oxygen atoms in total. The van der Waals surface area contributed by atoms with Crippen molar-refractivity contribution in [2.75, 3.05) is 0 Å². The van der Waals surface area contributed by atoms with E-state index in [0.29, 0.717) is 5.75 Å². The number of thioether (sulfide) groups is 1. The molecule has 0 atom stereocenters. The van der Waals surface area contributed by atoms with E-state index in [1.165, 1.54) is 18.1 Å². The summed E-state index contributed by atoms with van der Waals surface area (Å²) in [6.45, 7) is 0. The molecule has 0 saturated heterocycles. The van der Waals surface area contributed by atoms with Gasteiger partial charge in [0, 0.05) is 11.9 Å². The summed E-state index contributed by atoms with van der Waals surface area (Å²) >= 11 is 7.15. The van der Waals surface area contributed by atoms with Crippen LogP contribution in [-0.4, -0.2) is 25.1 Å². The Morgan fingerprint density at radius 2 is 2.36 bits per heavy atom. The predicted octanol–water partition coefficient (Wildman–Crippen LogP) is 1.54. The minimum absolute atomic E-state index is 0.265. The molecule has 14 heavy (non-hydrogen) atoms. The summed E-state index contributed by atoms with van der Waals surface area (Å²) < 4.78 is 0. The summed E-state index contributed by atoms with van der Waals surface area (Å²) in [4.78, 5) is 11.8. The highest BCUT2D eigenvalue weighted by atomic mass is 35.5. The van der Waals surface area contributed by atoms with Crippen LogP contribution < -0.4 is 0 Å². The maximum Gasteiger partial charge on any atom is 0.222 e. The second-order valence-electron chi connectivity index (χ2n) is 2.40. The summed E-state index contributed by atoms with van der Waals surface area (Å²) in [5.41, 5.74) is 0.867. The molecule has 2 aromatic heterocycles. The van der Waals surface area contributed by atoms with Crippen LogP contribution in [0, 0.1) is 0 Å². The SMILES string of the molecule is Clc1nccc(CSc2ncn[nH]2)n1.